The largest absolute Gasteiger partial charge is 0.359 e. The maximum Gasteiger partial charge on any atom is 0.246 e. The number of hydrogen-bond donors (Lipinski definition) is 2. The number of nitrogens with one attached hydrogen (secondary N) is 2. The van der Waals surface area contributed by atoms with Crippen LogP contribution in [0.25, 0.3) is 0 Å². The normalized spacial score (nSPS) is 34.7. The molecule has 0 radical (unpaired) electrons. The van der Waals surface area contributed by atoms with Gasteiger partial charge in [0.15, 0.2) is 0 Å². The van der Waals surface area contributed by atoms with Gasteiger partial charge in [-0.05, 0) is 42.0 Å². The molecule has 4 aliphatic rings. The van der Waals surface area contributed by atoms with Crippen LogP contribution in [0.15, 0.2) is 66.7 Å². The van der Waals surface area contributed by atoms with Crippen LogP contribution in [0.3, 0.4) is 0 Å². The molecule has 39 heavy (non-hydrogen) atoms. The fourth-order valence-corrected chi connectivity index (χ4v) is 7.25. The Labute approximate surface area is 233 Å². The van der Waals surface area contributed by atoms with Crippen molar-refractivity contribution < 1.29 is 19.1 Å². The second-order valence-corrected chi connectivity index (χ2v) is 12.0. The number of anilines is 1. The Hall–Kier alpha value is -3.16. The highest BCUT2D eigenvalue weighted by atomic mass is 35.5. The number of benzene rings is 2. The summed E-state index contributed by atoms with van der Waals surface area (Å²) in [6, 6.07) is 15.7. The average Bonchev–Trinajstić information content (AvgIpc) is 3.55. The third kappa shape index (κ3) is 4.45. The predicted octanol–water partition coefficient (Wildman–Crippen LogP) is 4.57. The van der Waals surface area contributed by atoms with E-state index in [9.17, 15) is 14.4 Å². The van der Waals surface area contributed by atoms with Crippen molar-refractivity contribution in [1.82, 2.24) is 10.2 Å². The van der Waals surface area contributed by atoms with Crippen LogP contribution in [-0.4, -0.2) is 46.4 Å². The van der Waals surface area contributed by atoms with Crippen molar-refractivity contribution in [2.45, 2.75) is 63.4 Å². The summed E-state index contributed by atoms with van der Waals surface area (Å²) in [7, 11) is 0. The molecule has 3 aliphatic heterocycles. The number of rotatable bonds is 6. The van der Waals surface area contributed by atoms with E-state index >= 15 is 0 Å². The molecule has 0 unspecified atom stereocenters. The quantitative estimate of drug-likeness (QED) is 0.519. The van der Waals surface area contributed by atoms with Crippen LogP contribution in [0.1, 0.15) is 38.7 Å². The Morgan fingerprint density at radius 1 is 1.08 bits per heavy atom. The van der Waals surface area contributed by atoms with Gasteiger partial charge in [-0.3, -0.25) is 14.4 Å². The summed E-state index contributed by atoms with van der Waals surface area (Å²) in [5, 5.41) is 6.71. The van der Waals surface area contributed by atoms with E-state index in [2.05, 4.69) is 24.5 Å². The summed E-state index contributed by atoms with van der Waals surface area (Å²) in [4.78, 5) is 43.5. The molecule has 1 spiro atoms. The standard InChI is InChI=1S/C31H34ClN3O4/c1-18-8-6-13-23(19(18)2)34-29(37)27-31-15-14-24(39-31)25(28(36)33-22-12-7-11-21(32)16-22)26(31)30(38)35(27)17-20-9-4-3-5-10-20/h3-5,7,9-12,14-16,18-19,23-27H,6,8,13,17H2,1-2H3,(H,33,36)(H,34,37)/t18-,19+,23+,24+,25+,26+,27+,31+/m1/s1. The van der Waals surface area contributed by atoms with Crippen molar-refractivity contribution >= 4 is 35.0 Å². The highest BCUT2D eigenvalue weighted by Crippen LogP contribution is 2.55. The van der Waals surface area contributed by atoms with Gasteiger partial charge in [-0.25, -0.2) is 0 Å². The van der Waals surface area contributed by atoms with Crippen LogP contribution < -0.4 is 10.6 Å². The van der Waals surface area contributed by atoms with Gasteiger partial charge in [0.25, 0.3) is 0 Å². The van der Waals surface area contributed by atoms with Gasteiger partial charge in [0.05, 0.1) is 17.9 Å². The number of fused-ring (bicyclic) bond motifs is 1. The van der Waals surface area contributed by atoms with E-state index in [1.165, 1.54) is 0 Å². The second-order valence-electron chi connectivity index (χ2n) is 11.5. The van der Waals surface area contributed by atoms with E-state index in [1.54, 1.807) is 29.2 Å². The van der Waals surface area contributed by atoms with Gasteiger partial charge in [-0.2, -0.15) is 0 Å². The van der Waals surface area contributed by atoms with E-state index < -0.39 is 29.6 Å². The molecule has 2 N–H and O–H groups in total. The molecule has 2 aromatic rings. The van der Waals surface area contributed by atoms with Crippen LogP contribution in [-0.2, 0) is 25.7 Å². The molecule has 0 aromatic heterocycles. The van der Waals surface area contributed by atoms with Crippen molar-refractivity contribution in [3.05, 3.63) is 77.3 Å². The first-order valence-electron chi connectivity index (χ1n) is 13.9. The van der Waals surface area contributed by atoms with Gasteiger partial charge in [0.2, 0.25) is 17.7 Å². The lowest BCUT2D eigenvalue weighted by Gasteiger charge is -2.38. The van der Waals surface area contributed by atoms with Gasteiger partial charge in [-0.1, -0.05) is 86.8 Å². The van der Waals surface area contributed by atoms with Crippen molar-refractivity contribution in [3.63, 3.8) is 0 Å². The van der Waals surface area contributed by atoms with E-state index in [4.69, 9.17) is 16.3 Å². The highest BCUT2D eigenvalue weighted by molar-refractivity contribution is 6.30. The second kappa shape index (κ2) is 10.1. The fraction of sp³-hybridized carbons (Fsp3) is 0.452. The van der Waals surface area contributed by atoms with Crippen LogP contribution in [0.4, 0.5) is 5.69 Å². The molecular formula is C31H34ClN3O4. The molecule has 6 rings (SSSR count). The number of nitrogens with zero attached hydrogens (tertiary/aromatic N) is 1. The van der Waals surface area contributed by atoms with E-state index in [0.29, 0.717) is 22.5 Å². The van der Waals surface area contributed by atoms with Gasteiger partial charge in [0, 0.05) is 23.3 Å². The molecule has 2 saturated heterocycles. The third-order valence-electron chi connectivity index (χ3n) is 9.25. The lowest BCUT2D eigenvalue weighted by molar-refractivity contribution is -0.142. The number of amides is 3. The molecule has 204 valence electrons. The monoisotopic (exact) mass is 547 g/mol. The summed E-state index contributed by atoms with van der Waals surface area (Å²) in [6.45, 7) is 4.67. The van der Waals surface area contributed by atoms with Crippen LogP contribution in [0, 0.1) is 23.7 Å². The Morgan fingerprint density at radius 2 is 1.87 bits per heavy atom. The summed E-state index contributed by atoms with van der Waals surface area (Å²) < 4.78 is 6.47. The molecule has 3 amide bonds. The molecule has 7 nitrogen and oxygen atoms in total. The maximum absolute atomic E-state index is 14.2. The Balaban J connectivity index is 1.33. The number of carbonyl (C=O) groups is 3. The number of likely N-dealkylation sites (tertiary alicyclic amines) is 1. The van der Waals surface area contributed by atoms with Crippen LogP contribution in [0.5, 0.6) is 0 Å². The fourth-order valence-electron chi connectivity index (χ4n) is 7.06. The topological polar surface area (TPSA) is 87.7 Å². The minimum absolute atomic E-state index is 0.0369. The van der Waals surface area contributed by atoms with Crippen LogP contribution >= 0.6 is 11.6 Å². The number of hydrogen-bond acceptors (Lipinski definition) is 4. The predicted molar refractivity (Wildman–Crippen MR) is 149 cm³/mol. The highest BCUT2D eigenvalue weighted by Gasteiger charge is 2.72. The van der Waals surface area contributed by atoms with Crippen LogP contribution in [0.2, 0.25) is 5.02 Å². The van der Waals surface area contributed by atoms with Gasteiger partial charge < -0.3 is 20.3 Å². The smallest absolute Gasteiger partial charge is 0.246 e. The summed E-state index contributed by atoms with van der Waals surface area (Å²) in [6.07, 6.45) is 6.23. The molecule has 3 fully saturated rings. The van der Waals surface area contributed by atoms with Crippen molar-refractivity contribution in [2.75, 3.05) is 5.32 Å². The zero-order chi connectivity index (χ0) is 27.3. The summed E-state index contributed by atoms with van der Waals surface area (Å²) >= 11 is 6.12. The first-order valence-corrected chi connectivity index (χ1v) is 14.2. The SMILES string of the molecule is C[C@H]1[C@H](C)CCC[C@@H]1NC(=O)[C@@H]1N(Cc2ccccc2)C(=O)[C@@H]2[C@@H](C(=O)Nc3cccc(Cl)c3)[C@@H]3C=C[C@]21O3. The third-order valence-corrected chi connectivity index (χ3v) is 9.48. The maximum atomic E-state index is 14.2. The minimum Gasteiger partial charge on any atom is -0.359 e. The Morgan fingerprint density at radius 3 is 2.64 bits per heavy atom. The molecule has 1 saturated carbocycles. The van der Waals surface area contributed by atoms with Gasteiger partial charge in [-0.15, -0.1) is 0 Å². The minimum atomic E-state index is -1.19. The Kier molecular flexibility index (Phi) is 6.76. The molecular weight excluding hydrogens is 514 g/mol. The summed E-state index contributed by atoms with van der Waals surface area (Å²) in [5.41, 5.74) is 0.272. The van der Waals surface area contributed by atoms with Crippen molar-refractivity contribution in [3.8, 4) is 0 Å². The molecule has 8 heteroatoms. The number of halogens is 1. The first-order chi connectivity index (χ1) is 18.8. The molecule has 2 aromatic carbocycles. The lowest BCUT2D eigenvalue weighted by atomic mass is 9.73. The number of ether oxygens (including phenoxy) is 1. The molecule has 1 aliphatic carbocycles. The van der Waals surface area contributed by atoms with Crippen molar-refractivity contribution in [1.29, 1.82) is 0 Å². The zero-order valence-corrected chi connectivity index (χ0v) is 22.9. The van der Waals surface area contributed by atoms with Gasteiger partial charge in [0.1, 0.15) is 11.6 Å². The first kappa shape index (κ1) is 26.1. The zero-order valence-electron chi connectivity index (χ0n) is 22.2. The lowest BCUT2D eigenvalue weighted by Crippen LogP contribution is -2.57. The Bertz CT molecular complexity index is 1320. The number of carbonyl (C=O) groups excluding carboxylic acids is 3. The molecule has 3 heterocycles. The summed E-state index contributed by atoms with van der Waals surface area (Å²) in [5.74, 6) is -1.47. The van der Waals surface area contributed by atoms with Gasteiger partial charge >= 0.3 is 0 Å². The van der Waals surface area contributed by atoms with E-state index in [1.807, 2.05) is 42.5 Å². The molecule has 8 atom stereocenters. The van der Waals surface area contributed by atoms with E-state index in [-0.39, 0.29) is 30.3 Å². The molecule has 2 bridgehead atoms. The average molecular weight is 548 g/mol. The van der Waals surface area contributed by atoms with E-state index in [0.717, 1.165) is 24.8 Å². The van der Waals surface area contributed by atoms with Crippen molar-refractivity contribution in [2.24, 2.45) is 23.7 Å².